The lowest BCUT2D eigenvalue weighted by Crippen LogP contribution is -2.11. The highest BCUT2D eigenvalue weighted by Crippen LogP contribution is 1.94. The molecule has 1 aromatic rings. The molecule has 1 rings (SSSR count). The highest BCUT2D eigenvalue weighted by molar-refractivity contribution is 14.1. The number of aromatic nitrogens is 3. The van der Waals surface area contributed by atoms with Gasteiger partial charge in [-0.2, -0.15) is 0 Å². The molecule has 0 aliphatic carbocycles. The number of halogens is 1. The highest BCUT2D eigenvalue weighted by Gasteiger charge is 2.03. The lowest BCUT2D eigenvalue weighted by molar-refractivity contribution is 0.585. The summed E-state index contributed by atoms with van der Waals surface area (Å²) in [4.78, 5) is 3.86. The second-order valence-corrected chi connectivity index (χ2v) is 5.63. The summed E-state index contributed by atoms with van der Waals surface area (Å²) in [5.74, 6) is 0.104. The van der Waals surface area contributed by atoms with E-state index in [0.29, 0.717) is 10.4 Å². The minimum absolute atomic E-state index is 0.104. The van der Waals surface area contributed by atoms with Gasteiger partial charge in [0.05, 0.1) is 12.3 Å². The zero-order chi connectivity index (χ0) is 9.19. The van der Waals surface area contributed by atoms with Crippen molar-refractivity contribution in [2.24, 2.45) is 0 Å². The molecule has 0 N–H and O–H groups in total. The summed E-state index contributed by atoms with van der Waals surface area (Å²) in [6.07, 6.45) is 2.72. The van der Waals surface area contributed by atoms with Gasteiger partial charge >= 0.3 is 0 Å². The Bertz CT molecular complexity index is 359. The van der Waals surface area contributed by atoms with Gasteiger partial charge in [0.2, 0.25) is 3.83 Å². The molecule has 5 nitrogen and oxygen atoms in total. The first-order valence-electron chi connectivity index (χ1n) is 3.20. The van der Waals surface area contributed by atoms with Gasteiger partial charge in [0.25, 0.3) is 0 Å². The molecule has 68 valence electrons. The smallest absolute Gasteiger partial charge is 0.211 e. The summed E-state index contributed by atoms with van der Waals surface area (Å²) >= 11 is 1.97. The monoisotopic (exact) mass is 301 g/mol. The Morgan fingerprint density at radius 1 is 1.67 bits per heavy atom. The predicted molar refractivity (Wildman–Crippen MR) is 52.4 cm³/mol. The molecule has 12 heavy (non-hydrogen) atoms. The zero-order valence-corrected chi connectivity index (χ0v) is 9.41. The molecule has 0 radical (unpaired) electrons. The maximum Gasteiger partial charge on any atom is 0.211 e. The lowest BCUT2D eigenvalue weighted by Gasteiger charge is -1.96. The third-order valence-electron chi connectivity index (χ3n) is 1.20. The van der Waals surface area contributed by atoms with Gasteiger partial charge in [0.15, 0.2) is 0 Å². The van der Waals surface area contributed by atoms with Gasteiger partial charge in [-0.3, -0.25) is 4.68 Å². The van der Waals surface area contributed by atoms with E-state index < -0.39 is 9.84 Å². The van der Waals surface area contributed by atoms with Crippen molar-refractivity contribution in [3.8, 4) is 0 Å². The summed E-state index contributed by atoms with van der Waals surface area (Å²) < 4.78 is 23.6. The Balaban J connectivity index is 2.55. The SMILES string of the molecule is CS(=O)(=O)CCn1cnc(I)n1. The predicted octanol–water partition coefficient (Wildman–Crippen LogP) is -0.0727. The van der Waals surface area contributed by atoms with Crippen LogP contribution in [0.2, 0.25) is 0 Å². The van der Waals surface area contributed by atoms with Crippen molar-refractivity contribution in [2.45, 2.75) is 6.54 Å². The fourth-order valence-corrected chi connectivity index (χ4v) is 1.56. The van der Waals surface area contributed by atoms with Crippen LogP contribution in [0, 0.1) is 3.83 Å². The van der Waals surface area contributed by atoms with Crippen LogP contribution in [-0.2, 0) is 16.4 Å². The van der Waals surface area contributed by atoms with Crippen molar-refractivity contribution in [2.75, 3.05) is 12.0 Å². The second kappa shape index (κ2) is 3.69. The third-order valence-corrected chi connectivity index (χ3v) is 2.62. The molecule has 1 aromatic heterocycles. The van der Waals surface area contributed by atoms with E-state index in [4.69, 9.17) is 0 Å². The Kier molecular flexibility index (Phi) is 3.04. The van der Waals surface area contributed by atoms with E-state index >= 15 is 0 Å². The summed E-state index contributed by atoms with van der Waals surface area (Å²) in [5.41, 5.74) is 0. The maximum atomic E-state index is 10.7. The largest absolute Gasteiger partial charge is 0.251 e. The topological polar surface area (TPSA) is 64.8 Å². The molecule has 0 atom stereocenters. The van der Waals surface area contributed by atoms with Gasteiger partial charge in [0.1, 0.15) is 16.2 Å². The molecule has 0 aliphatic rings. The fraction of sp³-hybridized carbons (Fsp3) is 0.600. The first-order valence-corrected chi connectivity index (χ1v) is 6.34. The van der Waals surface area contributed by atoms with Crippen LogP contribution in [0.3, 0.4) is 0 Å². The quantitative estimate of drug-likeness (QED) is 0.733. The summed E-state index contributed by atoms with van der Waals surface area (Å²) in [7, 11) is -2.90. The Labute approximate surface area is 84.2 Å². The van der Waals surface area contributed by atoms with Crippen molar-refractivity contribution in [1.82, 2.24) is 14.8 Å². The van der Waals surface area contributed by atoms with Crippen LogP contribution in [0.15, 0.2) is 6.33 Å². The van der Waals surface area contributed by atoms with Gasteiger partial charge in [-0.15, -0.1) is 5.10 Å². The van der Waals surface area contributed by atoms with Crippen molar-refractivity contribution in [3.63, 3.8) is 0 Å². The van der Waals surface area contributed by atoms with E-state index in [9.17, 15) is 8.42 Å². The minimum Gasteiger partial charge on any atom is -0.251 e. The zero-order valence-electron chi connectivity index (χ0n) is 6.44. The molecule has 0 spiro atoms. The van der Waals surface area contributed by atoms with Crippen LogP contribution in [-0.4, -0.2) is 35.2 Å². The maximum absolute atomic E-state index is 10.7. The van der Waals surface area contributed by atoms with E-state index in [-0.39, 0.29) is 5.75 Å². The van der Waals surface area contributed by atoms with Gasteiger partial charge < -0.3 is 0 Å². The molecule has 0 saturated heterocycles. The molecule has 0 amide bonds. The second-order valence-electron chi connectivity index (χ2n) is 2.41. The fourth-order valence-electron chi connectivity index (χ4n) is 0.639. The molecule has 0 aromatic carbocycles. The standard InChI is InChI=1S/C5H8IN3O2S/c1-12(10,11)3-2-9-4-7-5(6)8-9/h4H,2-3H2,1H3. The molecule has 1 heterocycles. The first kappa shape index (κ1) is 9.90. The molecule has 7 heteroatoms. The normalized spacial score (nSPS) is 11.8. The third kappa shape index (κ3) is 3.48. The minimum atomic E-state index is -2.90. The molecular formula is C5H8IN3O2S. The highest BCUT2D eigenvalue weighted by atomic mass is 127. The van der Waals surface area contributed by atoms with Crippen LogP contribution < -0.4 is 0 Å². The summed E-state index contributed by atoms with van der Waals surface area (Å²) in [6.45, 7) is 0.370. The Hall–Kier alpha value is -0.180. The van der Waals surface area contributed by atoms with Gasteiger partial charge in [-0.25, -0.2) is 13.4 Å². The number of hydrogen-bond acceptors (Lipinski definition) is 4. The van der Waals surface area contributed by atoms with E-state index in [1.54, 1.807) is 0 Å². The van der Waals surface area contributed by atoms with Gasteiger partial charge in [-0.05, 0) is 0 Å². The van der Waals surface area contributed by atoms with Crippen LogP contribution in [0.5, 0.6) is 0 Å². The van der Waals surface area contributed by atoms with Crippen LogP contribution in [0.1, 0.15) is 0 Å². The average Bonchev–Trinajstić information content (AvgIpc) is 2.30. The van der Waals surface area contributed by atoms with Gasteiger partial charge in [-0.1, -0.05) is 0 Å². The van der Waals surface area contributed by atoms with Gasteiger partial charge in [0, 0.05) is 28.8 Å². The number of hydrogen-bond donors (Lipinski definition) is 0. The van der Waals surface area contributed by atoms with E-state index in [0.717, 1.165) is 0 Å². The van der Waals surface area contributed by atoms with Crippen molar-refractivity contribution < 1.29 is 8.42 Å². The first-order chi connectivity index (χ1) is 5.47. The molecule has 0 saturated carbocycles. The number of aryl methyl sites for hydroxylation is 1. The van der Waals surface area contributed by atoms with E-state index in [1.165, 1.54) is 17.3 Å². The van der Waals surface area contributed by atoms with Crippen LogP contribution in [0.4, 0.5) is 0 Å². The van der Waals surface area contributed by atoms with Crippen molar-refractivity contribution >= 4 is 32.4 Å². The molecular weight excluding hydrogens is 293 g/mol. The summed E-state index contributed by atoms with van der Waals surface area (Å²) in [6, 6.07) is 0. The number of rotatable bonds is 3. The molecule has 0 fully saturated rings. The molecule has 0 aliphatic heterocycles. The summed E-state index contributed by atoms with van der Waals surface area (Å²) in [5, 5.41) is 3.94. The van der Waals surface area contributed by atoms with E-state index in [1.807, 2.05) is 22.6 Å². The van der Waals surface area contributed by atoms with Crippen LogP contribution in [0.25, 0.3) is 0 Å². The van der Waals surface area contributed by atoms with Crippen molar-refractivity contribution in [3.05, 3.63) is 10.2 Å². The average molecular weight is 301 g/mol. The molecule has 0 unspecified atom stereocenters. The van der Waals surface area contributed by atoms with Crippen molar-refractivity contribution in [1.29, 1.82) is 0 Å². The Morgan fingerprint density at radius 3 is 2.75 bits per heavy atom. The lowest BCUT2D eigenvalue weighted by atomic mass is 10.8. The van der Waals surface area contributed by atoms with Crippen LogP contribution >= 0.6 is 22.6 Å². The van der Waals surface area contributed by atoms with E-state index in [2.05, 4.69) is 10.1 Å². The Morgan fingerprint density at radius 2 is 2.33 bits per heavy atom. The number of nitrogens with zero attached hydrogens (tertiary/aromatic N) is 3. The molecule has 0 bridgehead atoms. The number of sulfone groups is 1.